The molecule has 8 heteroatoms. The van der Waals surface area contributed by atoms with Crippen LogP contribution in [-0.2, 0) is 5.41 Å². The minimum atomic E-state index is -4.43. The van der Waals surface area contributed by atoms with Gasteiger partial charge in [-0.2, -0.15) is 13.2 Å². The number of rotatable bonds is 5. The summed E-state index contributed by atoms with van der Waals surface area (Å²) in [5.74, 6) is 0.330. The number of pyridine rings is 1. The van der Waals surface area contributed by atoms with E-state index in [9.17, 15) is 18.0 Å². The third-order valence-electron chi connectivity index (χ3n) is 5.63. The molecule has 0 aliphatic heterocycles. The first kappa shape index (κ1) is 23.9. The van der Waals surface area contributed by atoms with Crippen molar-refractivity contribution in [3.63, 3.8) is 0 Å². The SMILES string of the molecule is COc1cc(Cl)c([C@@H](C)NC(=O)c2ccc3nc(C(C)(C)C(F)(F)F)ccc3c2)cc1C. The fraction of sp³-hybridized carbons (Fsp3) is 0.333. The fourth-order valence-corrected chi connectivity index (χ4v) is 3.67. The Kier molecular flexibility index (Phi) is 6.43. The van der Waals surface area contributed by atoms with Gasteiger partial charge >= 0.3 is 6.18 Å². The molecule has 0 saturated heterocycles. The summed E-state index contributed by atoms with van der Waals surface area (Å²) >= 11 is 6.35. The minimum absolute atomic E-state index is 0.0761. The summed E-state index contributed by atoms with van der Waals surface area (Å²) in [6, 6.07) is 10.8. The zero-order valence-electron chi connectivity index (χ0n) is 18.4. The molecular formula is C24H24ClF3N2O2. The molecule has 1 N–H and O–H groups in total. The Bertz CT molecular complexity index is 1180. The van der Waals surface area contributed by atoms with Gasteiger partial charge in [-0.1, -0.05) is 17.7 Å². The average molecular weight is 465 g/mol. The number of nitrogens with zero attached hydrogens (tertiary/aromatic N) is 1. The lowest BCUT2D eigenvalue weighted by Crippen LogP contribution is -2.37. The van der Waals surface area contributed by atoms with Gasteiger partial charge in [0.05, 0.1) is 24.4 Å². The summed E-state index contributed by atoms with van der Waals surface area (Å²) in [5, 5.41) is 3.95. The van der Waals surface area contributed by atoms with E-state index >= 15 is 0 Å². The predicted octanol–water partition coefficient (Wildman–Crippen LogP) is 6.54. The minimum Gasteiger partial charge on any atom is -0.496 e. The Morgan fingerprint density at radius 3 is 2.44 bits per heavy atom. The smallest absolute Gasteiger partial charge is 0.399 e. The van der Waals surface area contributed by atoms with E-state index in [1.807, 2.05) is 19.9 Å². The van der Waals surface area contributed by atoms with E-state index in [0.717, 1.165) is 25.0 Å². The second kappa shape index (κ2) is 8.62. The normalized spacial score (nSPS) is 13.2. The number of benzene rings is 2. The maximum Gasteiger partial charge on any atom is 0.399 e. The highest BCUT2D eigenvalue weighted by Crippen LogP contribution is 2.40. The highest BCUT2D eigenvalue weighted by molar-refractivity contribution is 6.31. The number of carbonyl (C=O) groups excluding carboxylic acids is 1. The summed E-state index contributed by atoms with van der Waals surface area (Å²) in [5.41, 5.74) is 0.242. The van der Waals surface area contributed by atoms with Crippen molar-refractivity contribution in [2.24, 2.45) is 0 Å². The summed E-state index contributed by atoms with van der Waals surface area (Å²) in [4.78, 5) is 17.0. The van der Waals surface area contributed by atoms with Crippen LogP contribution >= 0.6 is 11.6 Å². The lowest BCUT2D eigenvalue weighted by molar-refractivity contribution is -0.181. The van der Waals surface area contributed by atoms with Gasteiger partial charge in [-0.15, -0.1) is 0 Å². The number of alkyl halides is 3. The van der Waals surface area contributed by atoms with Crippen molar-refractivity contribution in [1.82, 2.24) is 10.3 Å². The maximum atomic E-state index is 13.3. The van der Waals surface area contributed by atoms with E-state index in [1.54, 1.807) is 37.4 Å². The molecule has 0 spiro atoms. The van der Waals surface area contributed by atoms with E-state index in [4.69, 9.17) is 16.3 Å². The number of hydrogen-bond donors (Lipinski definition) is 1. The first-order valence-corrected chi connectivity index (χ1v) is 10.4. The van der Waals surface area contributed by atoms with Crippen LogP contribution in [0.5, 0.6) is 5.75 Å². The van der Waals surface area contributed by atoms with Crippen LogP contribution < -0.4 is 10.1 Å². The summed E-state index contributed by atoms with van der Waals surface area (Å²) < 4.78 is 45.3. The lowest BCUT2D eigenvalue weighted by atomic mass is 9.87. The van der Waals surface area contributed by atoms with E-state index in [-0.39, 0.29) is 17.6 Å². The topological polar surface area (TPSA) is 51.2 Å². The summed E-state index contributed by atoms with van der Waals surface area (Å²) in [6.45, 7) is 5.89. The van der Waals surface area contributed by atoms with Crippen LogP contribution in [-0.4, -0.2) is 24.2 Å². The monoisotopic (exact) mass is 464 g/mol. The lowest BCUT2D eigenvalue weighted by Gasteiger charge is -2.27. The quantitative estimate of drug-likeness (QED) is 0.466. The number of amides is 1. The molecule has 0 saturated carbocycles. The zero-order chi connectivity index (χ0) is 23.8. The first-order valence-electron chi connectivity index (χ1n) is 9.98. The number of aryl methyl sites for hydroxylation is 1. The number of aromatic nitrogens is 1. The molecule has 1 aromatic heterocycles. The molecule has 0 aliphatic carbocycles. The Morgan fingerprint density at radius 1 is 1.12 bits per heavy atom. The van der Waals surface area contributed by atoms with Crippen LogP contribution in [0.15, 0.2) is 42.5 Å². The zero-order valence-corrected chi connectivity index (χ0v) is 19.2. The second-order valence-electron chi connectivity index (χ2n) is 8.27. The van der Waals surface area contributed by atoms with E-state index in [2.05, 4.69) is 10.3 Å². The molecule has 0 aliphatic rings. The van der Waals surface area contributed by atoms with Crippen molar-refractivity contribution in [3.05, 3.63) is 69.9 Å². The van der Waals surface area contributed by atoms with Crippen LogP contribution in [0.25, 0.3) is 10.9 Å². The number of ether oxygens (including phenoxy) is 1. The van der Waals surface area contributed by atoms with E-state index in [1.165, 1.54) is 6.07 Å². The molecule has 0 fully saturated rings. The Labute approximate surface area is 189 Å². The van der Waals surface area contributed by atoms with Gasteiger partial charge in [0.1, 0.15) is 11.2 Å². The van der Waals surface area contributed by atoms with Crippen LogP contribution in [0.1, 0.15) is 54.0 Å². The fourth-order valence-electron chi connectivity index (χ4n) is 3.36. The van der Waals surface area contributed by atoms with E-state index < -0.39 is 11.6 Å². The van der Waals surface area contributed by atoms with Gasteiger partial charge in [0.15, 0.2) is 0 Å². The third kappa shape index (κ3) is 4.53. The van der Waals surface area contributed by atoms with Gasteiger partial charge in [-0.25, -0.2) is 0 Å². The number of methoxy groups -OCH3 is 1. The third-order valence-corrected chi connectivity index (χ3v) is 5.96. The van der Waals surface area contributed by atoms with Crippen molar-refractivity contribution in [3.8, 4) is 5.75 Å². The van der Waals surface area contributed by atoms with Gasteiger partial charge in [0.2, 0.25) is 0 Å². The molecule has 3 rings (SSSR count). The predicted molar refractivity (Wildman–Crippen MR) is 119 cm³/mol. The van der Waals surface area contributed by atoms with Gasteiger partial charge in [-0.3, -0.25) is 9.78 Å². The Hall–Kier alpha value is -2.80. The van der Waals surface area contributed by atoms with Crippen LogP contribution in [0.4, 0.5) is 13.2 Å². The van der Waals surface area contributed by atoms with Crippen molar-refractivity contribution in [2.75, 3.05) is 7.11 Å². The molecule has 0 bridgehead atoms. The number of nitrogens with one attached hydrogen (secondary N) is 1. The molecule has 3 aromatic rings. The maximum absolute atomic E-state index is 13.3. The highest BCUT2D eigenvalue weighted by Gasteiger charge is 2.49. The van der Waals surface area contributed by atoms with Crippen molar-refractivity contribution in [1.29, 1.82) is 0 Å². The number of halogens is 4. The van der Waals surface area contributed by atoms with Crippen LogP contribution in [0.3, 0.4) is 0 Å². The van der Waals surface area contributed by atoms with E-state index in [0.29, 0.717) is 27.2 Å². The molecule has 1 heterocycles. The van der Waals surface area contributed by atoms with Gasteiger partial charge in [0.25, 0.3) is 5.91 Å². The first-order chi connectivity index (χ1) is 14.8. The molecule has 2 aromatic carbocycles. The van der Waals surface area contributed by atoms with Crippen LogP contribution in [0.2, 0.25) is 5.02 Å². The highest BCUT2D eigenvalue weighted by atomic mass is 35.5. The van der Waals surface area contributed by atoms with Crippen molar-refractivity contribution >= 4 is 28.4 Å². The number of fused-ring (bicyclic) bond motifs is 1. The molecule has 1 atom stereocenters. The molecule has 0 unspecified atom stereocenters. The standard InChI is InChI=1S/C24H24ClF3N2O2/c1-13-10-17(18(25)12-20(13)32-5)14(2)29-22(31)16-6-8-19-15(11-16)7-9-21(30-19)23(3,4)24(26,27)28/h6-12,14H,1-5H3,(H,29,31)/t14-/m1/s1. The molecular weight excluding hydrogens is 441 g/mol. The molecule has 170 valence electrons. The Balaban J connectivity index is 1.85. The second-order valence-corrected chi connectivity index (χ2v) is 8.67. The summed E-state index contributed by atoms with van der Waals surface area (Å²) in [7, 11) is 1.56. The molecule has 4 nitrogen and oxygen atoms in total. The summed E-state index contributed by atoms with van der Waals surface area (Å²) in [6.07, 6.45) is -4.43. The Morgan fingerprint density at radius 2 is 1.81 bits per heavy atom. The number of hydrogen-bond acceptors (Lipinski definition) is 3. The molecule has 0 radical (unpaired) electrons. The van der Waals surface area contributed by atoms with Crippen LogP contribution in [0, 0.1) is 6.92 Å². The van der Waals surface area contributed by atoms with Gasteiger partial charge < -0.3 is 10.1 Å². The van der Waals surface area contributed by atoms with Gasteiger partial charge in [-0.05, 0) is 75.2 Å². The van der Waals surface area contributed by atoms with Crippen molar-refractivity contribution < 1.29 is 22.7 Å². The largest absolute Gasteiger partial charge is 0.496 e. The molecule has 1 amide bonds. The van der Waals surface area contributed by atoms with Gasteiger partial charge in [0, 0.05) is 16.0 Å². The van der Waals surface area contributed by atoms with Crippen molar-refractivity contribution in [2.45, 2.75) is 45.3 Å². The average Bonchev–Trinajstić information content (AvgIpc) is 2.73. The molecule has 32 heavy (non-hydrogen) atoms. The number of carbonyl (C=O) groups is 1.